The number of aliphatic hydroxyl groups is 1. The number of anilines is 1. The Morgan fingerprint density at radius 3 is 2.47 bits per heavy atom. The third-order valence-corrected chi connectivity index (χ3v) is 6.52. The summed E-state index contributed by atoms with van der Waals surface area (Å²) in [5, 5.41) is 11.5. The van der Waals surface area contributed by atoms with Gasteiger partial charge in [0.05, 0.1) is 18.4 Å². The highest BCUT2D eigenvalue weighted by atomic mass is 16.5. The maximum atomic E-state index is 14.0. The second-order valence-electron chi connectivity index (χ2n) is 8.32. The maximum absolute atomic E-state index is 14.0. The molecule has 1 saturated heterocycles. The lowest BCUT2D eigenvalue weighted by atomic mass is 9.81. The largest absolute Gasteiger partial charge is 0.507 e. The Balaban J connectivity index is 2.02. The molecule has 0 radical (unpaired) electrons. The van der Waals surface area contributed by atoms with Gasteiger partial charge in [0.15, 0.2) is 5.54 Å². The molecule has 1 spiro atoms. The highest BCUT2D eigenvalue weighted by Gasteiger charge is 2.66. The van der Waals surface area contributed by atoms with Crippen LogP contribution in [-0.4, -0.2) is 61.5 Å². The van der Waals surface area contributed by atoms with Crippen molar-refractivity contribution in [3.63, 3.8) is 0 Å². The van der Waals surface area contributed by atoms with E-state index in [2.05, 4.69) is 0 Å². The molecule has 0 saturated carbocycles. The maximum Gasteiger partial charge on any atom is 0.296 e. The Hall–Kier alpha value is -3.65. The number of aliphatic hydroxyl groups excluding tert-OH is 1. The van der Waals surface area contributed by atoms with E-state index in [4.69, 9.17) is 9.47 Å². The lowest BCUT2D eigenvalue weighted by Gasteiger charge is -2.34. The summed E-state index contributed by atoms with van der Waals surface area (Å²) >= 11 is 0. The van der Waals surface area contributed by atoms with Gasteiger partial charge in [0, 0.05) is 37.9 Å². The van der Waals surface area contributed by atoms with Crippen LogP contribution in [0.5, 0.6) is 5.75 Å². The third-order valence-electron chi connectivity index (χ3n) is 6.52. The number of fused-ring (bicyclic) bond motifs is 2. The molecule has 2 amide bonds. The number of carbonyl (C=O) groups excluding carboxylic acids is 3. The van der Waals surface area contributed by atoms with Gasteiger partial charge >= 0.3 is 0 Å². The SMILES string of the molecule is CCN1C(=O)C2(C(=C(O)c3ccc(OC)c(C)c3)C(=O)C(=O)N2CCCOC)c2ccccc21. The zero-order chi connectivity index (χ0) is 24.6. The molecule has 0 aliphatic carbocycles. The van der Waals surface area contributed by atoms with E-state index >= 15 is 0 Å². The standard InChI is InChI=1S/C26H28N2O6/c1-5-27-19-10-7-6-9-18(19)26(25(27)32)21(23(30)24(31)28(26)13-8-14-33-3)22(29)17-11-12-20(34-4)16(2)15-17/h6-7,9-12,15,29H,5,8,13-14H2,1-4H3. The van der Waals surface area contributed by atoms with E-state index in [1.807, 2.05) is 13.8 Å². The molecule has 2 aliphatic rings. The number of para-hydroxylation sites is 1. The normalized spacial score (nSPS) is 21.0. The lowest BCUT2D eigenvalue weighted by molar-refractivity contribution is -0.143. The van der Waals surface area contributed by atoms with Crippen LogP contribution >= 0.6 is 0 Å². The van der Waals surface area contributed by atoms with Crippen molar-refractivity contribution >= 4 is 29.0 Å². The summed E-state index contributed by atoms with van der Waals surface area (Å²) in [7, 11) is 3.09. The predicted molar refractivity (Wildman–Crippen MR) is 127 cm³/mol. The summed E-state index contributed by atoms with van der Waals surface area (Å²) < 4.78 is 10.4. The minimum absolute atomic E-state index is 0.120. The van der Waals surface area contributed by atoms with Gasteiger partial charge in [-0.3, -0.25) is 14.4 Å². The number of carbonyl (C=O) groups is 3. The molecule has 1 fully saturated rings. The van der Waals surface area contributed by atoms with Crippen molar-refractivity contribution < 1.29 is 29.0 Å². The van der Waals surface area contributed by atoms with Gasteiger partial charge in [0.2, 0.25) is 0 Å². The number of hydrogen-bond acceptors (Lipinski definition) is 6. The van der Waals surface area contributed by atoms with Crippen LogP contribution in [0.4, 0.5) is 5.69 Å². The first-order valence-corrected chi connectivity index (χ1v) is 11.2. The Morgan fingerprint density at radius 2 is 1.82 bits per heavy atom. The molecule has 1 atom stereocenters. The van der Waals surface area contributed by atoms with E-state index in [1.54, 1.807) is 61.6 Å². The summed E-state index contributed by atoms with van der Waals surface area (Å²) in [6.45, 7) is 4.46. The first kappa shape index (κ1) is 23.5. The minimum atomic E-state index is -1.74. The molecule has 8 heteroatoms. The predicted octanol–water partition coefficient (Wildman–Crippen LogP) is 2.98. The fraction of sp³-hybridized carbons (Fsp3) is 0.346. The van der Waals surface area contributed by atoms with Crippen molar-refractivity contribution in [1.82, 2.24) is 4.90 Å². The Morgan fingerprint density at radius 1 is 1.09 bits per heavy atom. The van der Waals surface area contributed by atoms with Crippen molar-refractivity contribution in [3.05, 3.63) is 64.7 Å². The Labute approximate surface area is 198 Å². The first-order valence-electron chi connectivity index (χ1n) is 11.2. The first-order chi connectivity index (χ1) is 16.3. The molecular formula is C26H28N2O6. The van der Waals surface area contributed by atoms with Gasteiger partial charge in [0.1, 0.15) is 11.5 Å². The number of benzene rings is 2. The zero-order valence-corrected chi connectivity index (χ0v) is 19.8. The lowest BCUT2D eigenvalue weighted by Crippen LogP contribution is -2.52. The molecule has 2 heterocycles. The molecule has 8 nitrogen and oxygen atoms in total. The van der Waals surface area contributed by atoms with Crippen LogP contribution in [0.15, 0.2) is 48.0 Å². The van der Waals surface area contributed by atoms with E-state index in [0.29, 0.717) is 42.1 Å². The molecule has 0 aromatic heterocycles. The van der Waals surface area contributed by atoms with Gasteiger partial charge in [-0.15, -0.1) is 0 Å². The van der Waals surface area contributed by atoms with E-state index < -0.39 is 23.1 Å². The number of ketones is 1. The van der Waals surface area contributed by atoms with Crippen molar-refractivity contribution in [1.29, 1.82) is 0 Å². The summed E-state index contributed by atoms with van der Waals surface area (Å²) in [4.78, 5) is 43.7. The number of likely N-dealkylation sites (tertiary alicyclic amines) is 1. The molecule has 178 valence electrons. The van der Waals surface area contributed by atoms with E-state index in [0.717, 1.165) is 5.56 Å². The quantitative estimate of drug-likeness (QED) is 0.293. The molecule has 34 heavy (non-hydrogen) atoms. The van der Waals surface area contributed by atoms with Crippen LogP contribution in [0.1, 0.15) is 30.0 Å². The number of nitrogens with zero attached hydrogens (tertiary/aromatic N) is 2. The zero-order valence-electron chi connectivity index (χ0n) is 19.8. The highest BCUT2D eigenvalue weighted by molar-refractivity contribution is 6.50. The monoisotopic (exact) mass is 464 g/mol. The highest BCUT2D eigenvalue weighted by Crippen LogP contribution is 2.53. The smallest absolute Gasteiger partial charge is 0.296 e. The number of likely N-dealkylation sites (N-methyl/N-ethyl adjacent to an activating group) is 1. The third kappa shape index (κ3) is 3.20. The molecule has 2 aromatic rings. The second-order valence-corrected chi connectivity index (χ2v) is 8.32. The van der Waals surface area contributed by atoms with E-state index in [1.165, 1.54) is 4.90 Å². The second kappa shape index (κ2) is 8.95. The van der Waals surface area contributed by atoms with Crippen LogP contribution in [0.3, 0.4) is 0 Å². The van der Waals surface area contributed by atoms with Crippen LogP contribution in [0, 0.1) is 6.92 Å². The minimum Gasteiger partial charge on any atom is -0.507 e. The molecular weight excluding hydrogens is 436 g/mol. The van der Waals surface area contributed by atoms with Gasteiger partial charge in [-0.1, -0.05) is 18.2 Å². The van der Waals surface area contributed by atoms with E-state index in [9.17, 15) is 19.5 Å². The Bertz CT molecular complexity index is 1200. The van der Waals surface area contributed by atoms with Crippen LogP contribution in [-0.2, 0) is 24.7 Å². The summed E-state index contributed by atoms with van der Waals surface area (Å²) in [5.41, 5.74) is 0.228. The fourth-order valence-corrected chi connectivity index (χ4v) is 5.02. The van der Waals surface area contributed by atoms with Crippen molar-refractivity contribution in [3.8, 4) is 5.75 Å². The van der Waals surface area contributed by atoms with Crippen LogP contribution < -0.4 is 9.64 Å². The fourth-order valence-electron chi connectivity index (χ4n) is 5.02. The number of hydrogen-bond donors (Lipinski definition) is 1. The molecule has 2 aromatic carbocycles. The van der Waals surface area contributed by atoms with Gasteiger partial charge in [-0.2, -0.15) is 0 Å². The topological polar surface area (TPSA) is 96.4 Å². The molecule has 2 aliphatic heterocycles. The molecule has 1 unspecified atom stereocenters. The summed E-state index contributed by atoms with van der Waals surface area (Å²) in [6, 6.07) is 12.0. The average molecular weight is 465 g/mol. The summed E-state index contributed by atoms with van der Waals surface area (Å²) in [6.07, 6.45) is 0.425. The van der Waals surface area contributed by atoms with Crippen LogP contribution in [0.25, 0.3) is 5.76 Å². The van der Waals surface area contributed by atoms with Gasteiger partial charge in [-0.05, 0) is 50.1 Å². The van der Waals surface area contributed by atoms with Gasteiger partial charge in [0.25, 0.3) is 17.6 Å². The van der Waals surface area contributed by atoms with Crippen molar-refractivity contribution in [2.45, 2.75) is 25.8 Å². The number of rotatable bonds is 7. The number of methoxy groups -OCH3 is 2. The number of aryl methyl sites for hydroxylation is 1. The van der Waals surface area contributed by atoms with Crippen molar-refractivity contribution in [2.75, 3.05) is 38.8 Å². The van der Waals surface area contributed by atoms with Gasteiger partial charge < -0.3 is 24.4 Å². The number of ether oxygens (including phenoxy) is 2. The number of amides is 2. The average Bonchev–Trinajstić information content (AvgIpc) is 3.22. The van der Waals surface area contributed by atoms with Gasteiger partial charge in [-0.25, -0.2) is 0 Å². The Kier molecular flexibility index (Phi) is 6.18. The molecule has 1 N–H and O–H groups in total. The molecule has 4 rings (SSSR count). The van der Waals surface area contributed by atoms with E-state index in [-0.39, 0.29) is 17.9 Å². The van der Waals surface area contributed by atoms with Crippen LogP contribution in [0.2, 0.25) is 0 Å². The molecule has 0 bridgehead atoms. The summed E-state index contributed by atoms with van der Waals surface area (Å²) in [5.74, 6) is -1.90. The number of Topliss-reactive ketones (excluding diaryl/α,β-unsaturated/α-hetero) is 1. The van der Waals surface area contributed by atoms with Crippen molar-refractivity contribution in [2.24, 2.45) is 0 Å².